The Hall–Kier alpha value is -2.77. The van der Waals surface area contributed by atoms with E-state index in [1.807, 2.05) is 0 Å². The first kappa shape index (κ1) is 18.6. The molecule has 2 aromatic carbocycles. The predicted octanol–water partition coefficient (Wildman–Crippen LogP) is 3.45. The van der Waals surface area contributed by atoms with Gasteiger partial charge in [0, 0.05) is 5.69 Å². The molecule has 8 heteroatoms. The predicted molar refractivity (Wildman–Crippen MR) is 84.8 cm³/mol. The van der Waals surface area contributed by atoms with Gasteiger partial charge < -0.3 is 15.4 Å². The molecule has 0 saturated heterocycles. The zero-order chi connectivity index (χ0) is 18.3. The summed E-state index contributed by atoms with van der Waals surface area (Å²) in [4.78, 5) is 11.7. The maximum atomic E-state index is 12.7. The van der Waals surface area contributed by atoms with E-state index in [1.54, 1.807) is 0 Å². The molecule has 0 bridgehead atoms. The average molecular weight is 356 g/mol. The minimum Gasteiger partial charge on any atom is -0.492 e. The molecule has 0 radical (unpaired) electrons. The van der Waals surface area contributed by atoms with Crippen molar-refractivity contribution < 1.29 is 27.1 Å². The number of nitrogens with one attached hydrogen (secondary N) is 2. The summed E-state index contributed by atoms with van der Waals surface area (Å²) < 4.78 is 55.8. The molecule has 2 aromatic rings. The third-order valence-electron chi connectivity index (χ3n) is 3.15. The SMILES string of the molecule is O=C(CNc1cccc(C(F)(F)F)c1)NCCOc1ccc(F)cc1. The highest BCUT2D eigenvalue weighted by molar-refractivity contribution is 5.80. The molecule has 4 nitrogen and oxygen atoms in total. The summed E-state index contributed by atoms with van der Waals surface area (Å²) in [5.74, 6) is -0.292. The summed E-state index contributed by atoms with van der Waals surface area (Å²) in [5, 5.41) is 5.18. The lowest BCUT2D eigenvalue weighted by atomic mass is 10.2. The number of halogens is 4. The van der Waals surface area contributed by atoms with Gasteiger partial charge in [-0.15, -0.1) is 0 Å². The van der Waals surface area contributed by atoms with Crippen LogP contribution in [0.3, 0.4) is 0 Å². The van der Waals surface area contributed by atoms with Gasteiger partial charge in [-0.3, -0.25) is 4.79 Å². The molecule has 0 fully saturated rings. The second kappa shape index (κ2) is 8.36. The molecule has 0 unspecified atom stereocenters. The molecule has 0 spiro atoms. The van der Waals surface area contributed by atoms with Crippen LogP contribution in [0.5, 0.6) is 5.75 Å². The maximum absolute atomic E-state index is 12.7. The monoisotopic (exact) mass is 356 g/mol. The minimum atomic E-state index is -4.43. The third kappa shape index (κ3) is 6.33. The van der Waals surface area contributed by atoms with Crippen molar-refractivity contribution in [3.05, 3.63) is 59.9 Å². The van der Waals surface area contributed by atoms with Gasteiger partial charge >= 0.3 is 6.18 Å². The van der Waals surface area contributed by atoms with Crippen LogP contribution in [0.4, 0.5) is 23.2 Å². The van der Waals surface area contributed by atoms with E-state index < -0.39 is 11.7 Å². The Morgan fingerprint density at radius 1 is 1.08 bits per heavy atom. The fraction of sp³-hybridized carbons (Fsp3) is 0.235. The van der Waals surface area contributed by atoms with Crippen LogP contribution in [0, 0.1) is 5.82 Å². The number of anilines is 1. The average Bonchev–Trinajstić information content (AvgIpc) is 2.58. The first-order valence-corrected chi connectivity index (χ1v) is 7.41. The van der Waals surface area contributed by atoms with Gasteiger partial charge in [-0.1, -0.05) is 6.07 Å². The first-order chi connectivity index (χ1) is 11.8. The molecule has 0 heterocycles. The molecule has 0 aliphatic heterocycles. The van der Waals surface area contributed by atoms with E-state index >= 15 is 0 Å². The zero-order valence-corrected chi connectivity index (χ0v) is 13.1. The van der Waals surface area contributed by atoms with Crippen LogP contribution < -0.4 is 15.4 Å². The number of carbonyl (C=O) groups is 1. The van der Waals surface area contributed by atoms with Crippen molar-refractivity contribution in [2.24, 2.45) is 0 Å². The summed E-state index contributed by atoms with van der Waals surface area (Å²) in [6.07, 6.45) is -4.43. The lowest BCUT2D eigenvalue weighted by Gasteiger charge is -2.11. The number of hydrogen-bond acceptors (Lipinski definition) is 3. The van der Waals surface area contributed by atoms with Crippen molar-refractivity contribution in [1.29, 1.82) is 0 Å². The number of carbonyl (C=O) groups excluding carboxylic acids is 1. The van der Waals surface area contributed by atoms with Crippen LogP contribution in [-0.2, 0) is 11.0 Å². The first-order valence-electron chi connectivity index (χ1n) is 7.41. The zero-order valence-electron chi connectivity index (χ0n) is 13.1. The Morgan fingerprint density at radius 3 is 2.48 bits per heavy atom. The number of rotatable bonds is 7. The number of ether oxygens (including phenoxy) is 1. The third-order valence-corrected chi connectivity index (χ3v) is 3.15. The summed E-state index contributed by atoms with van der Waals surface area (Å²) in [5.41, 5.74) is -0.585. The molecule has 25 heavy (non-hydrogen) atoms. The Balaban J connectivity index is 1.69. The Kier molecular flexibility index (Phi) is 6.21. The van der Waals surface area contributed by atoms with Gasteiger partial charge in [-0.25, -0.2) is 4.39 Å². The van der Waals surface area contributed by atoms with Gasteiger partial charge in [-0.05, 0) is 42.5 Å². The van der Waals surface area contributed by atoms with Gasteiger partial charge in [0.1, 0.15) is 18.2 Å². The summed E-state index contributed by atoms with van der Waals surface area (Å²) in [7, 11) is 0. The molecule has 0 atom stereocenters. The molecule has 0 saturated carbocycles. The molecule has 2 N–H and O–H groups in total. The number of alkyl halides is 3. The fourth-order valence-electron chi connectivity index (χ4n) is 1.94. The van der Waals surface area contributed by atoms with Gasteiger partial charge in [0.2, 0.25) is 5.91 Å². The second-order valence-corrected chi connectivity index (χ2v) is 5.08. The van der Waals surface area contributed by atoms with Crippen molar-refractivity contribution >= 4 is 11.6 Å². The molecule has 0 aromatic heterocycles. The van der Waals surface area contributed by atoms with E-state index in [1.165, 1.54) is 36.4 Å². The van der Waals surface area contributed by atoms with Gasteiger partial charge in [0.15, 0.2) is 0 Å². The van der Waals surface area contributed by atoms with Crippen molar-refractivity contribution in [2.45, 2.75) is 6.18 Å². The number of amides is 1. The van der Waals surface area contributed by atoms with Crippen molar-refractivity contribution in [3.8, 4) is 5.75 Å². The highest BCUT2D eigenvalue weighted by Crippen LogP contribution is 2.30. The van der Waals surface area contributed by atoms with E-state index in [9.17, 15) is 22.4 Å². The molecule has 1 amide bonds. The van der Waals surface area contributed by atoms with Crippen LogP contribution in [-0.4, -0.2) is 25.6 Å². The number of hydrogen-bond donors (Lipinski definition) is 2. The lowest BCUT2D eigenvalue weighted by Crippen LogP contribution is -2.33. The van der Waals surface area contributed by atoms with Crippen LogP contribution in [0.2, 0.25) is 0 Å². The normalized spacial score (nSPS) is 11.0. The molecule has 0 aliphatic carbocycles. The summed E-state index contributed by atoms with van der Waals surface area (Å²) in [6, 6.07) is 10.0. The fourth-order valence-corrected chi connectivity index (χ4v) is 1.94. The Bertz CT molecular complexity index is 703. The van der Waals surface area contributed by atoms with E-state index in [4.69, 9.17) is 4.74 Å². The van der Waals surface area contributed by atoms with Crippen molar-refractivity contribution in [1.82, 2.24) is 5.32 Å². The van der Waals surface area contributed by atoms with Crippen molar-refractivity contribution in [2.75, 3.05) is 25.0 Å². The summed E-state index contributed by atoms with van der Waals surface area (Å²) >= 11 is 0. The molecule has 0 aliphatic rings. The number of benzene rings is 2. The Labute approximate surface area is 141 Å². The minimum absolute atomic E-state index is 0.169. The second-order valence-electron chi connectivity index (χ2n) is 5.08. The highest BCUT2D eigenvalue weighted by atomic mass is 19.4. The standard InChI is InChI=1S/C17H16F4N2O2/c18-13-4-6-15(7-5-13)25-9-8-22-16(24)11-23-14-3-1-2-12(10-14)17(19,20)21/h1-7,10,23H,8-9,11H2,(H,22,24). The van der Waals surface area contributed by atoms with Crippen LogP contribution in [0.15, 0.2) is 48.5 Å². The molecule has 134 valence electrons. The summed E-state index contributed by atoms with van der Waals surface area (Å²) in [6.45, 7) is 0.221. The molecule has 2 rings (SSSR count). The van der Waals surface area contributed by atoms with Gasteiger partial charge in [0.25, 0.3) is 0 Å². The molecular weight excluding hydrogens is 340 g/mol. The van der Waals surface area contributed by atoms with E-state index in [0.29, 0.717) is 5.75 Å². The molecular formula is C17H16F4N2O2. The van der Waals surface area contributed by atoms with Crippen LogP contribution in [0.25, 0.3) is 0 Å². The van der Waals surface area contributed by atoms with E-state index in [2.05, 4.69) is 10.6 Å². The smallest absolute Gasteiger partial charge is 0.416 e. The Morgan fingerprint density at radius 2 is 1.80 bits per heavy atom. The highest BCUT2D eigenvalue weighted by Gasteiger charge is 2.30. The van der Waals surface area contributed by atoms with Gasteiger partial charge in [0.05, 0.1) is 18.7 Å². The van der Waals surface area contributed by atoms with Crippen LogP contribution >= 0.6 is 0 Å². The van der Waals surface area contributed by atoms with Gasteiger partial charge in [-0.2, -0.15) is 13.2 Å². The van der Waals surface area contributed by atoms with Crippen molar-refractivity contribution in [3.63, 3.8) is 0 Å². The van der Waals surface area contributed by atoms with Crippen LogP contribution in [0.1, 0.15) is 5.56 Å². The topological polar surface area (TPSA) is 50.4 Å². The van der Waals surface area contributed by atoms with E-state index in [0.717, 1.165) is 12.1 Å². The lowest BCUT2D eigenvalue weighted by molar-refractivity contribution is -0.137. The quantitative estimate of drug-likeness (QED) is 0.590. The largest absolute Gasteiger partial charge is 0.492 e. The maximum Gasteiger partial charge on any atom is 0.416 e. The van der Waals surface area contributed by atoms with E-state index in [-0.39, 0.29) is 37.1 Å².